The summed E-state index contributed by atoms with van der Waals surface area (Å²) in [6, 6.07) is 0. The van der Waals surface area contributed by atoms with Gasteiger partial charge in [-0.2, -0.15) is 0 Å². The van der Waals surface area contributed by atoms with E-state index in [0.29, 0.717) is 5.82 Å². The second kappa shape index (κ2) is 4.09. The number of fused-ring (bicyclic) bond motifs is 1. The van der Waals surface area contributed by atoms with Crippen LogP contribution in [0.1, 0.15) is 25.2 Å². The minimum Gasteiger partial charge on any atom is -0.383 e. The van der Waals surface area contributed by atoms with E-state index < -0.39 is 0 Å². The second-order valence-electron chi connectivity index (χ2n) is 2.79. The van der Waals surface area contributed by atoms with Crippen LogP contribution in [-0.2, 0) is 0 Å². The van der Waals surface area contributed by atoms with Gasteiger partial charge in [-0.1, -0.05) is 13.8 Å². The van der Waals surface area contributed by atoms with Gasteiger partial charge in [0.2, 0.25) is 0 Å². The third-order valence-electron chi connectivity index (χ3n) is 1.99. The molecule has 4 heteroatoms. The standard InChI is InChI=1S/C8H10N4.C2H6/c1-5-7(9)11-6(2)12-4-3-10-8(5)12;1-2/h3-4H,9H2,1-2H3;1-2H3. The lowest BCUT2D eigenvalue weighted by atomic mass is 10.3. The van der Waals surface area contributed by atoms with Crippen LogP contribution >= 0.6 is 0 Å². The Hall–Kier alpha value is -1.58. The summed E-state index contributed by atoms with van der Waals surface area (Å²) in [6.45, 7) is 7.83. The van der Waals surface area contributed by atoms with E-state index in [0.717, 1.165) is 17.0 Å². The topological polar surface area (TPSA) is 56.2 Å². The fraction of sp³-hybridized carbons (Fsp3) is 0.400. The first-order chi connectivity index (χ1) is 6.70. The zero-order chi connectivity index (χ0) is 10.7. The van der Waals surface area contributed by atoms with Crippen LogP contribution in [0.25, 0.3) is 5.65 Å². The Labute approximate surface area is 83.8 Å². The number of aryl methyl sites for hydroxylation is 2. The van der Waals surface area contributed by atoms with Gasteiger partial charge in [0.15, 0.2) is 0 Å². The highest BCUT2D eigenvalue weighted by atomic mass is 15.1. The molecule has 0 unspecified atom stereocenters. The highest BCUT2D eigenvalue weighted by molar-refractivity contribution is 5.57. The van der Waals surface area contributed by atoms with Crippen LogP contribution in [0.2, 0.25) is 0 Å². The van der Waals surface area contributed by atoms with E-state index in [-0.39, 0.29) is 0 Å². The van der Waals surface area contributed by atoms with Crippen molar-refractivity contribution < 1.29 is 0 Å². The van der Waals surface area contributed by atoms with Crippen molar-refractivity contribution in [2.75, 3.05) is 5.73 Å². The number of nitrogens with zero attached hydrogens (tertiary/aromatic N) is 3. The third kappa shape index (κ3) is 1.55. The minimum atomic E-state index is 0.561. The normalized spacial score (nSPS) is 9.71. The van der Waals surface area contributed by atoms with Crippen molar-refractivity contribution >= 4 is 11.5 Å². The third-order valence-corrected chi connectivity index (χ3v) is 1.99. The van der Waals surface area contributed by atoms with Crippen molar-refractivity contribution in [1.29, 1.82) is 0 Å². The molecule has 4 nitrogen and oxygen atoms in total. The maximum atomic E-state index is 5.68. The zero-order valence-corrected chi connectivity index (χ0v) is 9.07. The zero-order valence-electron chi connectivity index (χ0n) is 9.07. The van der Waals surface area contributed by atoms with Crippen LogP contribution in [-0.4, -0.2) is 14.4 Å². The summed E-state index contributed by atoms with van der Waals surface area (Å²) in [5.74, 6) is 1.43. The minimum absolute atomic E-state index is 0.561. The van der Waals surface area contributed by atoms with Crippen LogP contribution in [0.3, 0.4) is 0 Å². The molecule has 0 aromatic carbocycles. The summed E-state index contributed by atoms with van der Waals surface area (Å²) in [4.78, 5) is 8.36. The molecule has 2 N–H and O–H groups in total. The number of nitrogen functional groups attached to an aromatic ring is 1. The summed E-state index contributed by atoms with van der Waals surface area (Å²) in [5.41, 5.74) is 7.51. The molecule has 76 valence electrons. The number of hydrogen-bond acceptors (Lipinski definition) is 3. The lowest BCUT2D eigenvalue weighted by molar-refractivity contribution is 0.982. The Morgan fingerprint density at radius 3 is 2.57 bits per heavy atom. The molecule has 0 atom stereocenters. The average Bonchev–Trinajstić information content (AvgIpc) is 2.67. The Bertz CT molecular complexity index is 431. The van der Waals surface area contributed by atoms with E-state index in [4.69, 9.17) is 5.73 Å². The van der Waals surface area contributed by atoms with E-state index in [1.165, 1.54) is 0 Å². The molecule has 0 amide bonds. The Morgan fingerprint density at radius 2 is 1.93 bits per heavy atom. The molecule has 0 radical (unpaired) electrons. The average molecular weight is 192 g/mol. The van der Waals surface area contributed by atoms with Crippen LogP contribution in [0.15, 0.2) is 12.4 Å². The number of nitrogens with two attached hydrogens (primary N) is 1. The molecule has 2 rings (SSSR count). The van der Waals surface area contributed by atoms with Gasteiger partial charge in [0.25, 0.3) is 0 Å². The number of hydrogen-bond donors (Lipinski definition) is 1. The number of aromatic nitrogens is 3. The molecule has 0 saturated heterocycles. The summed E-state index contributed by atoms with van der Waals surface area (Å²) in [7, 11) is 0. The highest BCUT2D eigenvalue weighted by Crippen LogP contribution is 2.14. The Morgan fingerprint density at radius 1 is 1.29 bits per heavy atom. The van der Waals surface area contributed by atoms with Gasteiger partial charge in [-0.15, -0.1) is 0 Å². The van der Waals surface area contributed by atoms with Crippen LogP contribution in [0, 0.1) is 13.8 Å². The molecule has 0 aliphatic carbocycles. The molecule has 0 bridgehead atoms. The first-order valence-corrected chi connectivity index (χ1v) is 4.76. The van der Waals surface area contributed by atoms with Crippen molar-refractivity contribution in [2.24, 2.45) is 0 Å². The lowest BCUT2D eigenvalue weighted by Crippen LogP contribution is -2.02. The Kier molecular flexibility index (Phi) is 3.06. The fourth-order valence-electron chi connectivity index (χ4n) is 1.27. The SMILES string of the molecule is CC.Cc1c(N)nc(C)n2ccnc12. The van der Waals surface area contributed by atoms with Gasteiger partial charge in [0.1, 0.15) is 17.3 Å². The monoisotopic (exact) mass is 192 g/mol. The maximum absolute atomic E-state index is 5.68. The van der Waals surface area contributed by atoms with Gasteiger partial charge < -0.3 is 5.73 Å². The smallest absolute Gasteiger partial charge is 0.144 e. The summed E-state index contributed by atoms with van der Waals surface area (Å²) >= 11 is 0. The molecule has 2 heterocycles. The van der Waals surface area contributed by atoms with Gasteiger partial charge >= 0.3 is 0 Å². The molecule has 2 aromatic rings. The van der Waals surface area contributed by atoms with Gasteiger partial charge in [0.05, 0.1) is 0 Å². The van der Waals surface area contributed by atoms with Gasteiger partial charge in [0, 0.05) is 18.0 Å². The van der Waals surface area contributed by atoms with E-state index in [2.05, 4.69) is 9.97 Å². The molecule has 0 spiro atoms. The largest absolute Gasteiger partial charge is 0.383 e. The van der Waals surface area contributed by atoms with Gasteiger partial charge in [-0.05, 0) is 13.8 Å². The van der Waals surface area contributed by atoms with Crippen molar-refractivity contribution in [1.82, 2.24) is 14.4 Å². The number of anilines is 1. The lowest BCUT2D eigenvalue weighted by Gasteiger charge is -2.04. The first-order valence-electron chi connectivity index (χ1n) is 4.76. The summed E-state index contributed by atoms with van der Waals surface area (Å²) in [6.07, 6.45) is 3.63. The first kappa shape index (κ1) is 10.5. The number of rotatable bonds is 0. The van der Waals surface area contributed by atoms with Crippen LogP contribution in [0.5, 0.6) is 0 Å². The molecular formula is C10H16N4. The second-order valence-corrected chi connectivity index (χ2v) is 2.79. The van der Waals surface area contributed by atoms with Gasteiger partial charge in [-0.3, -0.25) is 4.40 Å². The molecule has 0 saturated carbocycles. The quantitative estimate of drug-likeness (QED) is 0.694. The van der Waals surface area contributed by atoms with Crippen molar-refractivity contribution in [3.63, 3.8) is 0 Å². The highest BCUT2D eigenvalue weighted by Gasteiger charge is 2.05. The fourth-order valence-corrected chi connectivity index (χ4v) is 1.27. The van der Waals surface area contributed by atoms with Gasteiger partial charge in [-0.25, -0.2) is 9.97 Å². The Balaban J connectivity index is 0.000000461. The molecule has 2 aromatic heterocycles. The number of imidazole rings is 1. The predicted molar refractivity (Wildman–Crippen MR) is 58.2 cm³/mol. The van der Waals surface area contributed by atoms with Crippen molar-refractivity contribution in [2.45, 2.75) is 27.7 Å². The summed E-state index contributed by atoms with van der Waals surface area (Å²) in [5, 5.41) is 0. The van der Waals surface area contributed by atoms with E-state index >= 15 is 0 Å². The van der Waals surface area contributed by atoms with E-state index in [1.807, 2.05) is 38.3 Å². The van der Waals surface area contributed by atoms with Crippen LogP contribution in [0.4, 0.5) is 5.82 Å². The molecule has 14 heavy (non-hydrogen) atoms. The molecule has 0 fully saturated rings. The summed E-state index contributed by atoms with van der Waals surface area (Å²) < 4.78 is 1.92. The molecular weight excluding hydrogens is 176 g/mol. The predicted octanol–water partition coefficient (Wildman–Crippen LogP) is 1.95. The van der Waals surface area contributed by atoms with Crippen LogP contribution < -0.4 is 5.73 Å². The maximum Gasteiger partial charge on any atom is 0.144 e. The molecule has 0 aliphatic rings. The van der Waals surface area contributed by atoms with Crippen molar-refractivity contribution in [3.05, 3.63) is 23.8 Å². The molecule has 0 aliphatic heterocycles. The van der Waals surface area contributed by atoms with E-state index in [9.17, 15) is 0 Å². The van der Waals surface area contributed by atoms with E-state index in [1.54, 1.807) is 6.20 Å². The van der Waals surface area contributed by atoms with Crippen molar-refractivity contribution in [3.8, 4) is 0 Å².